The first kappa shape index (κ1) is 16.4. The Bertz CT molecular complexity index is 908. The van der Waals surface area contributed by atoms with Crippen LogP contribution in [-0.2, 0) is 0 Å². The standard InChI is InChI=1S/C16H16N6O3/c1-10-19-20-21-22(10)13-9-11(6-7-14(13)24-2)18-15(23)12-5-4-8-17-16(12)25-3/h4-9H,1-3H3,(H,18,23). The van der Waals surface area contributed by atoms with Gasteiger partial charge in [0.2, 0.25) is 5.88 Å². The molecule has 25 heavy (non-hydrogen) atoms. The third-order valence-corrected chi connectivity index (χ3v) is 3.50. The van der Waals surface area contributed by atoms with Gasteiger partial charge in [-0.05, 0) is 47.7 Å². The molecular formula is C16H16N6O3. The zero-order valence-corrected chi connectivity index (χ0v) is 13.9. The summed E-state index contributed by atoms with van der Waals surface area (Å²) in [6, 6.07) is 8.48. The molecule has 2 heterocycles. The molecule has 0 aliphatic carbocycles. The van der Waals surface area contributed by atoms with E-state index in [2.05, 4.69) is 25.8 Å². The van der Waals surface area contributed by atoms with Gasteiger partial charge in [0.05, 0.1) is 14.2 Å². The number of pyridine rings is 1. The molecule has 0 aliphatic heterocycles. The Labute approximate surface area is 143 Å². The van der Waals surface area contributed by atoms with E-state index in [0.717, 1.165) is 0 Å². The number of carbonyl (C=O) groups is 1. The number of benzene rings is 1. The van der Waals surface area contributed by atoms with Crippen LogP contribution in [0, 0.1) is 6.92 Å². The van der Waals surface area contributed by atoms with Crippen molar-refractivity contribution < 1.29 is 14.3 Å². The Kier molecular flexibility index (Phi) is 4.55. The molecule has 3 aromatic rings. The van der Waals surface area contributed by atoms with Crippen LogP contribution in [0.1, 0.15) is 16.2 Å². The number of amides is 1. The maximum Gasteiger partial charge on any atom is 0.261 e. The summed E-state index contributed by atoms with van der Waals surface area (Å²) in [5.74, 6) is 1.09. The van der Waals surface area contributed by atoms with Crippen molar-refractivity contribution in [3.63, 3.8) is 0 Å². The van der Waals surface area contributed by atoms with Gasteiger partial charge in [-0.1, -0.05) is 0 Å². The van der Waals surface area contributed by atoms with E-state index >= 15 is 0 Å². The van der Waals surface area contributed by atoms with Crippen molar-refractivity contribution in [2.24, 2.45) is 0 Å². The topological polar surface area (TPSA) is 104 Å². The molecule has 0 unspecified atom stereocenters. The summed E-state index contributed by atoms with van der Waals surface area (Å²) in [6.07, 6.45) is 1.56. The molecular weight excluding hydrogens is 324 g/mol. The van der Waals surface area contributed by atoms with E-state index in [9.17, 15) is 4.79 Å². The molecule has 9 heteroatoms. The van der Waals surface area contributed by atoms with Crippen molar-refractivity contribution in [1.29, 1.82) is 0 Å². The number of aryl methyl sites for hydroxylation is 1. The number of tetrazole rings is 1. The highest BCUT2D eigenvalue weighted by molar-refractivity contribution is 6.06. The zero-order valence-electron chi connectivity index (χ0n) is 13.9. The highest BCUT2D eigenvalue weighted by atomic mass is 16.5. The summed E-state index contributed by atoms with van der Waals surface area (Å²) in [5.41, 5.74) is 1.50. The van der Waals surface area contributed by atoms with Crippen LogP contribution in [0.25, 0.3) is 5.69 Å². The summed E-state index contributed by atoms with van der Waals surface area (Å²) in [5, 5.41) is 14.2. The van der Waals surface area contributed by atoms with Crippen molar-refractivity contribution in [2.75, 3.05) is 19.5 Å². The van der Waals surface area contributed by atoms with Gasteiger partial charge in [0.15, 0.2) is 5.82 Å². The number of anilines is 1. The van der Waals surface area contributed by atoms with E-state index in [-0.39, 0.29) is 11.8 Å². The second kappa shape index (κ2) is 6.95. The Hall–Kier alpha value is -3.49. The Balaban J connectivity index is 1.93. The van der Waals surface area contributed by atoms with E-state index in [0.29, 0.717) is 28.5 Å². The van der Waals surface area contributed by atoms with Crippen LogP contribution < -0.4 is 14.8 Å². The monoisotopic (exact) mass is 340 g/mol. The van der Waals surface area contributed by atoms with Crippen LogP contribution >= 0.6 is 0 Å². The fraction of sp³-hybridized carbons (Fsp3) is 0.188. The normalized spacial score (nSPS) is 10.4. The lowest BCUT2D eigenvalue weighted by Gasteiger charge is -2.12. The number of carbonyl (C=O) groups excluding carboxylic acids is 1. The fourth-order valence-electron chi connectivity index (χ4n) is 2.31. The molecule has 0 aliphatic rings. The number of nitrogens with zero attached hydrogens (tertiary/aromatic N) is 5. The molecule has 128 valence electrons. The predicted octanol–water partition coefficient (Wildman–Crippen LogP) is 1.64. The molecule has 0 saturated heterocycles. The van der Waals surface area contributed by atoms with Gasteiger partial charge < -0.3 is 14.8 Å². The predicted molar refractivity (Wildman–Crippen MR) is 89.2 cm³/mol. The maximum atomic E-state index is 12.5. The minimum atomic E-state index is -0.338. The second-order valence-electron chi connectivity index (χ2n) is 5.04. The molecule has 0 radical (unpaired) electrons. The molecule has 0 spiro atoms. The summed E-state index contributed by atoms with van der Waals surface area (Å²) in [7, 11) is 3.02. The molecule has 0 bridgehead atoms. The minimum Gasteiger partial charge on any atom is -0.494 e. The highest BCUT2D eigenvalue weighted by Crippen LogP contribution is 2.27. The lowest BCUT2D eigenvalue weighted by Crippen LogP contribution is -2.14. The third-order valence-electron chi connectivity index (χ3n) is 3.50. The minimum absolute atomic E-state index is 0.255. The molecule has 9 nitrogen and oxygen atoms in total. The zero-order chi connectivity index (χ0) is 17.8. The Morgan fingerprint density at radius 2 is 2.04 bits per heavy atom. The van der Waals surface area contributed by atoms with E-state index < -0.39 is 0 Å². The summed E-state index contributed by atoms with van der Waals surface area (Å²) >= 11 is 0. The second-order valence-corrected chi connectivity index (χ2v) is 5.04. The van der Waals surface area contributed by atoms with Gasteiger partial charge in [0, 0.05) is 11.9 Å². The van der Waals surface area contributed by atoms with Gasteiger partial charge in [0.25, 0.3) is 5.91 Å². The number of hydrogen-bond acceptors (Lipinski definition) is 7. The molecule has 2 aromatic heterocycles. The first-order chi connectivity index (χ1) is 12.1. The van der Waals surface area contributed by atoms with E-state index in [1.54, 1.807) is 50.6 Å². The van der Waals surface area contributed by atoms with Gasteiger partial charge >= 0.3 is 0 Å². The number of rotatable bonds is 5. The summed E-state index contributed by atoms with van der Waals surface area (Å²) in [6.45, 7) is 1.77. The molecule has 1 amide bonds. The van der Waals surface area contributed by atoms with Gasteiger partial charge in [-0.25, -0.2) is 4.98 Å². The number of ether oxygens (including phenoxy) is 2. The van der Waals surface area contributed by atoms with Crippen molar-refractivity contribution >= 4 is 11.6 Å². The van der Waals surface area contributed by atoms with Crippen LogP contribution in [0.3, 0.4) is 0 Å². The highest BCUT2D eigenvalue weighted by Gasteiger charge is 2.15. The number of methoxy groups -OCH3 is 2. The first-order valence-corrected chi connectivity index (χ1v) is 7.37. The third kappa shape index (κ3) is 3.25. The van der Waals surface area contributed by atoms with E-state index in [1.807, 2.05) is 0 Å². The van der Waals surface area contributed by atoms with Crippen molar-refractivity contribution in [3.05, 3.63) is 47.9 Å². The lowest BCUT2D eigenvalue weighted by molar-refractivity contribution is 0.102. The molecule has 1 N–H and O–H groups in total. The van der Waals surface area contributed by atoms with Gasteiger partial charge in [-0.3, -0.25) is 4.79 Å². The van der Waals surface area contributed by atoms with Crippen LogP contribution in [-0.4, -0.2) is 45.3 Å². The molecule has 0 fully saturated rings. The number of nitrogens with one attached hydrogen (secondary N) is 1. The Morgan fingerprint density at radius 3 is 2.72 bits per heavy atom. The molecule has 3 rings (SSSR count). The largest absolute Gasteiger partial charge is 0.494 e. The van der Waals surface area contributed by atoms with Crippen molar-refractivity contribution in [1.82, 2.24) is 25.2 Å². The Morgan fingerprint density at radius 1 is 1.20 bits per heavy atom. The maximum absolute atomic E-state index is 12.5. The van der Waals surface area contributed by atoms with Gasteiger partial charge in [0.1, 0.15) is 17.0 Å². The van der Waals surface area contributed by atoms with Crippen molar-refractivity contribution in [3.8, 4) is 17.3 Å². The van der Waals surface area contributed by atoms with Gasteiger partial charge in [-0.2, -0.15) is 4.68 Å². The fourth-order valence-corrected chi connectivity index (χ4v) is 2.31. The first-order valence-electron chi connectivity index (χ1n) is 7.37. The summed E-state index contributed by atoms with van der Waals surface area (Å²) < 4.78 is 12.0. The molecule has 0 atom stereocenters. The number of hydrogen-bond donors (Lipinski definition) is 1. The lowest BCUT2D eigenvalue weighted by atomic mass is 10.2. The van der Waals surface area contributed by atoms with Gasteiger partial charge in [-0.15, -0.1) is 5.10 Å². The van der Waals surface area contributed by atoms with E-state index in [4.69, 9.17) is 9.47 Å². The smallest absolute Gasteiger partial charge is 0.261 e. The van der Waals surface area contributed by atoms with Crippen LogP contribution in [0.5, 0.6) is 11.6 Å². The molecule has 0 saturated carbocycles. The summed E-state index contributed by atoms with van der Waals surface area (Å²) in [4.78, 5) is 16.5. The van der Waals surface area contributed by atoms with Crippen LogP contribution in [0.15, 0.2) is 36.5 Å². The van der Waals surface area contributed by atoms with Crippen LogP contribution in [0.4, 0.5) is 5.69 Å². The quantitative estimate of drug-likeness (QED) is 0.753. The molecule has 1 aromatic carbocycles. The average Bonchev–Trinajstić information content (AvgIpc) is 3.07. The van der Waals surface area contributed by atoms with E-state index in [1.165, 1.54) is 11.8 Å². The van der Waals surface area contributed by atoms with Crippen LogP contribution in [0.2, 0.25) is 0 Å². The van der Waals surface area contributed by atoms with Crippen molar-refractivity contribution in [2.45, 2.75) is 6.92 Å². The SMILES string of the molecule is COc1ccc(NC(=O)c2cccnc2OC)cc1-n1nnnc1C. The number of aromatic nitrogens is 5. The average molecular weight is 340 g/mol.